The summed E-state index contributed by atoms with van der Waals surface area (Å²) in [5, 5.41) is 6.76. The number of carbonyl (C=O) groups is 2. The summed E-state index contributed by atoms with van der Waals surface area (Å²) in [5.74, 6) is -0.576. The molecule has 1 heterocycles. The normalized spacial score (nSPS) is 25.6. The van der Waals surface area contributed by atoms with Crippen LogP contribution in [0.15, 0.2) is 30.3 Å². The molecule has 0 aromatic heterocycles. The lowest BCUT2D eigenvalue weighted by atomic mass is 9.85. The highest BCUT2D eigenvalue weighted by Crippen LogP contribution is 2.30. The average molecular weight is 361 g/mol. The van der Waals surface area contributed by atoms with Crippen molar-refractivity contribution >= 4 is 34.9 Å². The van der Waals surface area contributed by atoms with Crippen molar-refractivity contribution in [3.63, 3.8) is 0 Å². The molecular weight excluding hydrogens is 338 g/mol. The molecule has 1 aliphatic carbocycles. The molecule has 134 valence electrons. The number of amides is 1. The summed E-state index contributed by atoms with van der Waals surface area (Å²) in [4.78, 5) is 26.4. The first-order valence-electron chi connectivity index (χ1n) is 8.61. The van der Waals surface area contributed by atoms with Crippen molar-refractivity contribution < 1.29 is 14.3 Å². The van der Waals surface area contributed by atoms with Crippen LogP contribution in [0.25, 0.3) is 0 Å². The van der Waals surface area contributed by atoms with Crippen molar-refractivity contribution in [2.45, 2.75) is 50.2 Å². The van der Waals surface area contributed by atoms with Gasteiger partial charge in [0.25, 0.3) is 0 Å². The Morgan fingerprint density at radius 1 is 1.32 bits per heavy atom. The van der Waals surface area contributed by atoms with Crippen LogP contribution in [0.5, 0.6) is 0 Å². The lowest BCUT2D eigenvalue weighted by Gasteiger charge is -2.49. The van der Waals surface area contributed by atoms with Gasteiger partial charge in [-0.1, -0.05) is 31.0 Å². The first-order valence-corrected chi connectivity index (χ1v) is 9.02. The van der Waals surface area contributed by atoms with Gasteiger partial charge in [-0.3, -0.25) is 9.59 Å². The minimum absolute atomic E-state index is 0.0117. The molecule has 6 nitrogen and oxygen atoms in total. The zero-order valence-corrected chi connectivity index (χ0v) is 15.1. The number of nitrogens with zero attached hydrogens (tertiary/aromatic N) is 1. The van der Waals surface area contributed by atoms with Crippen molar-refractivity contribution in [2.75, 3.05) is 12.4 Å². The molecule has 1 amide bonds. The van der Waals surface area contributed by atoms with Gasteiger partial charge < -0.3 is 20.3 Å². The Hall–Kier alpha value is -2.15. The monoisotopic (exact) mass is 361 g/mol. The molecule has 7 heteroatoms. The molecule has 1 saturated carbocycles. The number of piperazine rings is 1. The second kappa shape index (κ2) is 7.82. The highest BCUT2D eigenvalue weighted by Gasteiger charge is 2.44. The Balaban J connectivity index is 1.85. The van der Waals surface area contributed by atoms with Gasteiger partial charge in [0.15, 0.2) is 5.11 Å². The molecular formula is C18H23N3O3S. The second-order valence-electron chi connectivity index (χ2n) is 6.47. The molecule has 1 aromatic carbocycles. The fourth-order valence-electron chi connectivity index (χ4n) is 3.68. The number of carbonyl (C=O) groups excluding carboxylic acids is 2. The lowest BCUT2D eigenvalue weighted by molar-refractivity contribution is -0.146. The Kier molecular flexibility index (Phi) is 5.53. The van der Waals surface area contributed by atoms with E-state index in [1.54, 1.807) is 0 Å². The Morgan fingerprint density at radius 2 is 2.04 bits per heavy atom. The number of ether oxygens (including phenoxy) is 1. The maximum Gasteiger partial charge on any atom is 0.308 e. The summed E-state index contributed by atoms with van der Waals surface area (Å²) < 4.78 is 4.77. The number of esters is 1. The highest BCUT2D eigenvalue weighted by atomic mass is 32.1. The van der Waals surface area contributed by atoms with E-state index in [1.807, 2.05) is 35.2 Å². The van der Waals surface area contributed by atoms with Crippen LogP contribution >= 0.6 is 12.2 Å². The van der Waals surface area contributed by atoms with Gasteiger partial charge in [0.2, 0.25) is 5.91 Å². The number of thiocarbonyl (C=S) groups is 1. The van der Waals surface area contributed by atoms with E-state index in [-0.39, 0.29) is 24.4 Å². The van der Waals surface area contributed by atoms with Crippen molar-refractivity contribution in [2.24, 2.45) is 0 Å². The van der Waals surface area contributed by atoms with Crippen LogP contribution in [0.2, 0.25) is 0 Å². The average Bonchev–Trinajstić information content (AvgIpc) is 2.62. The molecule has 3 atom stereocenters. The second-order valence-corrected chi connectivity index (χ2v) is 6.85. The molecule has 1 aliphatic heterocycles. The Bertz CT molecular complexity index is 652. The fraction of sp³-hybridized carbons (Fsp3) is 0.500. The quantitative estimate of drug-likeness (QED) is 0.634. The minimum Gasteiger partial charge on any atom is -0.469 e. The van der Waals surface area contributed by atoms with E-state index in [0.29, 0.717) is 5.11 Å². The molecule has 0 bridgehead atoms. The maximum absolute atomic E-state index is 12.6. The van der Waals surface area contributed by atoms with Gasteiger partial charge in [0, 0.05) is 11.7 Å². The van der Waals surface area contributed by atoms with Crippen LogP contribution in [-0.2, 0) is 14.3 Å². The first-order chi connectivity index (χ1) is 12.1. The molecule has 2 fully saturated rings. The van der Waals surface area contributed by atoms with Crippen LogP contribution < -0.4 is 10.6 Å². The summed E-state index contributed by atoms with van der Waals surface area (Å²) in [6, 6.07) is 9.14. The number of hydrogen-bond donors (Lipinski definition) is 2. The molecule has 0 spiro atoms. The predicted molar refractivity (Wildman–Crippen MR) is 99.1 cm³/mol. The smallest absolute Gasteiger partial charge is 0.308 e. The molecule has 1 saturated heterocycles. The topological polar surface area (TPSA) is 70.7 Å². The van der Waals surface area contributed by atoms with E-state index in [0.717, 1.165) is 31.4 Å². The molecule has 25 heavy (non-hydrogen) atoms. The summed E-state index contributed by atoms with van der Waals surface area (Å²) in [6.45, 7) is 0. The van der Waals surface area contributed by atoms with Gasteiger partial charge in [0.05, 0.1) is 19.6 Å². The number of rotatable bonds is 3. The number of anilines is 1. The molecule has 3 unspecified atom stereocenters. The molecule has 2 aliphatic rings. The van der Waals surface area contributed by atoms with Gasteiger partial charge in [-0.05, 0) is 37.2 Å². The summed E-state index contributed by atoms with van der Waals surface area (Å²) in [7, 11) is 1.33. The van der Waals surface area contributed by atoms with Crippen LogP contribution in [0.1, 0.15) is 32.1 Å². The summed E-state index contributed by atoms with van der Waals surface area (Å²) in [5.41, 5.74) is 0.864. The number of methoxy groups -OCH3 is 1. The Morgan fingerprint density at radius 3 is 2.76 bits per heavy atom. The minimum atomic E-state index is -0.643. The van der Waals surface area contributed by atoms with Crippen molar-refractivity contribution in [1.29, 1.82) is 0 Å². The van der Waals surface area contributed by atoms with E-state index < -0.39 is 12.0 Å². The number of fused-ring (bicyclic) bond motifs is 1. The number of nitrogens with one attached hydrogen (secondary N) is 2. The van der Waals surface area contributed by atoms with Crippen LogP contribution in [0.3, 0.4) is 0 Å². The van der Waals surface area contributed by atoms with E-state index >= 15 is 0 Å². The van der Waals surface area contributed by atoms with E-state index in [4.69, 9.17) is 17.0 Å². The summed E-state index contributed by atoms with van der Waals surface area (Å²) >= 11 is 5.63. The molecule has 3 rings (SSSR count). The van der Waals surface area contributed by atoms with Crippen LogP contribution in [0, 0.1) is 0 Å². The third-order valence-corrected chi connectivity index (χ3v) is 5.21. The lowest BCUT2D eigenvalue weighted by Crippen LogP contribution is -2.68. The molecule has 1 aromatic rings. The first kappa shape index (κ1) is 17.7. The fourth-order valence-corrected chi connectivity index (χ4v) is 4.06. The van der Waals surface area contributed by atoms with E-state index in [1.165, 1.54) is 7.11 Å². The SMILES string of the molecule is COC(=O)CC1C(=O)NC2CCCCC2N1C(=S)Nc1ccccc1. The number of para-hydroxylation sites is 1. The largest absolute Gasteiger partial charge is 0.469 e. The van der Waals surface area contributed by atoms with Gasteiger partial charge in [-0.15, -0.1) is 0 Å². The zero-order chi connectivity index (χ0) is 17.8. The standard InChI is InChI=1S/C18H23N3O3S/c1-24-16(22)11-15-17(23)20-13-9-5-6-10-14(13)21(15)18(25)19-12-7-3-2-4-8-12/h2-4,7-8,13-15H,5-6,9-11H2,1H3,(H,19,25)(H,20,23). The van der Waals surface area contributed by atoms with Crippen molar-refractivity contribution in [1.82, 2.24) is 10.2 Å². The number of benzene rings is 1. The van der Waals surface area contributed by atoms with Gasteiger partial charge in [-0.25, -0.2) is 0 Å². The maximum atomic E-state index is 12.6. The predicted octanol–water partition coefficient (Wildman–Crippen LogP) is 2.06. The highest BCUT2D eigenvalue weighted by molar-refractivity contribution is 7.80. The van der Waals surface area contributed by atoms with Gasteiger partial charge in [-0.2, -0.15) is 0 Å². The van der Waals surface area contributed by atoms with Gasteiger partial charge in [0.1, 0.15) is 6.04 Å². The van der Waals surface area contributed by atoms with Gasteiger partial charge >= 0.3 is 5.97 Å². The third kappa shape index (κ3) is 3.92. The van der Waals surface area contributed by atoms with Crippen LogP contribution in [-0.4, -0.2) is 47.1 Å². The number of hydrogen-bond acceptors (Lipinski definition) is 4. The third-order valence-electron chi connectivity index (χ3n) is 4.90. The van der Waals surface area contributed by atoms with Crippen LogP contribution in [0.4, 0.5) is 5.69 Å². The zero-order valence-electron chi connectivity index (χ0n) is 14.2. The van der Waals surface area contributed by atoms with E-state index in [9.17, 15) is 9.59 Å². The van der Waals surface area contributed by atoms with Crippen molar-refractivity contribution in [3.05, 3.63) is 30.3 Å². The molecule has 0 radical (unpaired) electrons. The summed E-state index contributed by atoms with van der Waals surface area (Å²) in [6.07, 6.45) is 4.05. The Labute approximate surface area is 152 Å². The van der Waals surface area contributed by atoms with Crippen molar-refractivity contribution in [3.8, 4) is 0 Å². The molecule has 2 N–H and O–H groups in total. The van der Waals surface area contributed by atoms with E-state index in [2.05, 4.69) is 10.6 Å².